The van der Waals surface area contributed by atoms with Crippen LogP contribution in [0.1, 0.15) is 5.82 Å². The van der Waals surface area contributed by atoms with Crippen molar-refractivity contribution < 1.29 is 22.3 Å². The first-order valence-corrected chi connectivity index (χ1v) is 5.62. The van der Waals surface area contributed by atoms with Crippen LogP contribution in [0.15, 0.2) is 24.3 Å². The largest absolute Gasteiger partial charge is 0.494 e. The van der Waals surface area contributed by atoms with Crippen molar-refractivity contribution in [2.45, 2.75) is 6.18 Å². The van der Waals surface area contributed by atoms with Crippen LogP contribution in [-0.4, -0.2) is 17.1 Å². The highest BCUT2D eigenvalue weighted by molar-refractivity contribution is 5.65. The van der Waals surface area contributed by atoms with Crippen molar-refractivity contribution in [1.82, 2.24) is 9.97 Å². The third kappa shape index (κ3) is 3.50. The van der Waals surface area contributed by atoms with Gasteiger partial charge in [0.1, 0.15) is 23.2 Å². The summed E-state index contributed by atoms with van der Waals surface area (Å²) < 4.78 is 55.8. The Morgan fingerprint density at radius 2 is 1.90 bits per heavy atom. The van der Waals surface area contributed by atoms with Crippen molar-refractivity contribution in [1.29, 1.82) is 0 Å². The summed E-state index contributed by atoms with van der Waals surface area (Å²) in [7, 11) is 1.30. The van der Waals surface area contributed by atoms with E-state index in [1.165, 1.54) is 13.2 Å². The highest BCUT2D eigenvalue weighted by atomic mass is 19.4. The van der Waals surface area contributed by atoms with Crippen LogP contribution < -0.4 is 15.8 Å². The Hall–Kier alpha value is -2.58. The molecule has 0 amide bonds. The number of nitrogens with zero attached hydrogens (tertiary/aromatic N) is 2. The van der Waals surface area contributed by atoms with Crippen LogP contribution in [0.4, 0.5) is 34.9 Å². The van der Waals surface area contributed by atoms with Crippen LogP contribution in [-0.2, 0) is 6.18 Å². The molecule has 3 N–H and O–H groups in total. The Labute approximate surface area is 116 Å². The third-order valence-electron chi connectivity index (χ3n) is 2.43. The van der Waals surface area contributed by atoms with E-state index in [0.29, 0.717) is 0 Å². The number of alkyl halides is 3. The predicted molar refractivity (Wildman–Crippen MR) is 67.7 cm³/mol. The van der Waals surface area contributed by atoms with Crippen LogP contribution in [0, 0.1) is 5.82 Å². The van der Waals surface area contributed by atoms with Gasteiger partial charge in [-0.05, 0) is 12.1 Å². The maximum Gasteiger partial charge on any atom is 0.451 e. The fourth-order valence-electron chi connectivity index (χ4n) is 1.56. The second kappa shape index (κ2) is 5.43. The van der Waals surface area contributed by atoms with Crippen molar-refractivity contribution >= 4 is 17.3 Å². The average Bonchev–Trinajstić information content (AvgIpc) is 2.39. The quantitative estimate of drug-likeness (QED) is 0.853. The number of ether oxygens (including phenoxy) is 1. The molecule has 0 saturated carbocycles. The van der Waals surface area contributed by atoms with Gasteiger partial charge >= 0.3 is 6.18 Å². The number of nitrogen functional groups attached to an aromatic ring is 1. The van der Waals surface area contributed by atoms with E-state index in [2.05, 4.69) is 15.3 Å². The molecule has 1 aromatic heterocycles. The van der Waals surface area contributed by atoms with E-state index in [-0.39, 0.29) is 23.1 Å². The van der Waals surface area contributed by atoms with Gasteiger partial charge in [0, 0.05) is 12.1 Å². The van der Waals surface area contributed by atoms with Gasteiger partial charge in [0.25, 0.3) is 0 Å². The molecule has 112 valence electrons. The van der Waals surface area contributed by atoms with Crippen molar-refractivity contribution in [2.24, 2.45) is 0 Å². The minimum absolute atomic E-state index is 0.112. The van der Waals surface area contributed by atoms with E-state index in [0.717, 1.165) is 18.2 Å². The van der Waals surface area contributed by atoms with Crippen LogP contribution in [0.2, 0.25) is 0 Å². The number of nitrogens with two attached hydrogens (primary N) is 1. The average molecular weight is 302 g/mol. The van der Waals surface area contributed by atoms with Gasteiger partial charge in [-0.15, -0.1) is 0 Å². The second-order valence-electron chi connectivity index (χ2n) is 3.97. The summed E-state index contributed by atoms with van der Waals surface area (Å²) >= 11 is 0. The van der Waals surface area contributed by atoms with Gasteiger partial charge in [-0.1, -0.05) is 0 Å². The van der Waals surface area contributed by atoms with Crippen molar-refractivity contribution in [3.63, 3.8) is 0 Å². The zero-order valence-electron chi connectivity index (χ0n) is 10.7. The topological polar surface area (TPSA) is 73.1 Å². The van der Waals surface area contributed by atoms with Gasteiger partial charge in [-0.25, -0.2) is 14.4 Å². The number of hydrogen-bond acceptors (Lipinski definition) is 5. The summed E-state index contributed by atoms with van der Waals surface area (Å²) in [5.74, 6) is -2.33. The zero-order chi connectivity index (χ0) is 15.6. The molecule has 0 aliphatic carbocycles. The van der Waals surface area contributed by atoms with Gasteiger partial charge in [-0.2, -0.15) is 13.2 Å². The van der Waals surface area contributed by atoms with Gasteiger partial charge in [-0.3, -0.25) is 0 Å². The van der Waals surface area contributed by atoms with Gasteiger partial charge < -0.3 is 15.8 Å². The fourth-order valence-corrected chi connectivity index (χ4v) is 1.56. The lowest BCUT2D eigenvalue weighted by molar-refractivity contribution is -0.144. The summed E-state index contributed by atoms with van der Waals surface area (Å²) in [6.07, 6.45) is -4.72. The van der Waals surface area contributed by atoms with E-state index >= 15 is 0 Å². The molecule has 0 atom stereocenters. The maximum absolute atomic E-state index is 13.1. The van der Waals surface area contributed by atoms with E-state index < -0.39 is 17.8 Å². The summed E-state index contributed by atoms with van der Waals surface area (Å²) in [6.45, 7) is 0. The molecular formula is C12H10F4N4O. The summed E-state index contributed by atoms with van der Waals surface area (Å²) in [5, 5.41) is 2.58. The molecule has 2 aromatic rings. The third-order valence-corrected chi connectivity index (χ3v) is 2.43. The highest BCUT2D eigenvalue weighted by Gasteiger charge is 2.35. The molecule has 0 fully saturated rings. The number of rotatable bonds is 3. The van der Waals surface area contributed by atoms with Crippen LogP contribution >= 0.6 is 0 Å². The Bertz CT molecular complexity index is 660. The Morgan fingerprint density at radius 3 is 2.52 bits per heavy atom. The second-order valence-corrected chi connectivity index (χ2v) is 3.97. The minimum atomic E-state index is -4.72. The monoisotopic (exact) mass is 302 g/mol. The molecule has 9 heteroatoms. The van der Waals surface area contributed by atoms with Crippen molar-refractivity contribution in [3.8, 4) is 5.75 Å². The molecule has 1 aromatic carbocycles. The van der Waals surface area contributed by atoms with Crippen LogP contribution in [0.25, 0.3) is 0 Å². The number of aromatic nitrogens is 2. The molecule has 21 heavy (non-hydrogen) atoms. The lowest BCUT2D eigenvalue weighted by Crippen LogP contribution is -2.13. The Balaban J connectivity index is 2.38. The maximum atomic E-state index is 13.1. The molecule has 0 bridgehead atoms. The smallest absolute Gasteiger partial charge is 0.451 e. The number of hydrogen-bond donors (Lipinski definition) is 2. The molecule has 0 aliphatic heterocycles. The molecule has 0 saturated heterocycles. The molecule has 0 aliphatic rings. The lowest BCUT2D eigenvalue weighted by atomic mass is 10.3. The van der Waals surface area contributed by atoms with Crippen molar-refractivity contribution in [2.75, 3.05) is 18.2 Å². The van der Waals surface area contributed by atoms with Gasteiger partial charge in [0.05, 0.1) is 12.8 Å². The lowest BCUT2D eigenvalue weighted by Gasteiger charge is -2.12. The fraction of sp³-hybridized carbons (Fsp3) is 0.167. The molecule has 0 radical (unpaired) electrons. The number of halogens is 4. The molecule has 0 unspecified atom stereocenters. The summed E-state index contributed by atoms with van der Waals surface area (Å²) in [4.78, 5) is 6.44. The minimum Gasteiger partial charge on any atom is -0.494 e. The highest BCUT2D eigenvalue weighted by Crippen LogP contribution is 2.31. The number of methoxy groups -OCH3 is 1. The Morgan fingerprint density at radius 1 is 1.19 bits per heavy atom. The molecule has 0 spiro atoms. The van der Waals surface area contributed by atoms with Gasteiger partial charge in [0.15, 0.2) is 0 Å². The standard InChI is InChI=1S/C12H10F4N4O/c1-21-8-4-6(13)2-3-7(8)18-10-5-9(17)19-11(20-10)12(14,15)16/h2-5H,1H3,(H3,17,18,19,20). The normalized spacial score (nSPS) is 11.3. The number of benzene rings is 1. The SMILES string of the molecule is COc1cc(F)ccc1Nc1cc(N)nc(C(F)(F)F)n1. The first kappa shape index (κ1) is 14.8. The van der Waals surface area contributed by atoms with E-state index in [1.807, 2.05) is 0 Å². The molecule has 2 rings (SSSR count). The van der Waals surface area contributed by atoms with E-state index in [1.54, 1.807) is 0 Å². The predicted octanol–water partition coefficient (Wildman–Crippen LogP) is 2.97. The molecule has 1 heterocycles. The zero-order valence-corrected chi connectivity index (χ0v) is 10.7. The molecular weight excluding hydrogens is 292 g/mol. The van der Waals surface area contributed by atoms with Crippen LogP contribution in [0.5, 0.6) is 5.75 Å². The van der Waals surface area contributed by atoms with Gasteiger partial charge in [0.2, 0.25) is 5.82 Å². The first-order chi connectivity index (χ1) is 9.79. The first-order valence-electron chi connectivity index (χ1n) is 5.62. The summed E-state index contributed by atoms with van der Waals surface area (Å²) in [5.41, 5.74) is 5.56. The van der Waals surface area contributed by atoms with E-state index in [9.17, 15) is 17.6 Å². The van der Waals surface area contributed by atoms with Crippen molar-refractivity contribution in [3.05, 3.63) is 35.9 Å². The Kier molecular flexibility index (Phi) is 3.83. The van der Waals surface area contributed by atoms with Crippen LogP contribution in [0.3, 0.4) is 0 Å². The number of nitrogens with one attached hydrogen (secondary N) is 1. The summed E-state index contributed by atoms with van der Waals surface area (Å²) in [6, 6.07) is 4.63. The number of anilines is 3. The molecule has 5 nitrogen and oxygen atoms in total. The van der Waals surface area contributed by atoms with E-state index in [4.69, 9.17) is 10.5 Å².